The zero-order chi connectivity index (χ0) is 13.4. The highest BCUT2D eigenvalue weighted by Gasteiger charge is 2.27. The van der Waals surface area contributed by atoms with E-state index in [0.717, 1.165) is 23.6 Å². The van der Waals surface area contributed by atoms with Crippen LogP contribution in [0.15, 0.2) is 18.2 Å². The van der Waals surface area contributed by atoms with E-state index in [0.29, 0.717) is 12.1 Å². The number of hydrogen-bond acceptors (Lipinski definition) is 3. The molecule has 0 bridgehead atoms. The Bertz CT molecular complexity index is 573. The van der Waals surface area contributed by atoms with Crippen molar-refractivity contribution in [2.75, 3.05) is 6.54 Å². The lowest BCUT2D eigenvalue weighted by Gasteiger charge is -2.27. The number of fused-ring (bicyclic) bond motifs is 1. The molecule has 1 fully saturated rings. The average molecular weight is 258 g/mol. The minimum atomic E-state index is 0.609. The summed E-state index contributed by atoms with van der Waals surface area (Å²) >= 11 is 0. The van der Waals surface area contributed by atoms with E-state index in [2.05, 4.69) is 41.8 Å². The van der Waals surface area contributed by atoms with Gasteiger partial charge in [-0.1, -0.05) is 6.07 Å². The van der Waals surface area contributed by atoms with E-state index in [1.165, 1.54) is 19.4 Å². The van der Waals surface area contributed by atoms with Gasteiger partial charge < -0.3 is 0 Å². The first-order chi connectivity index (χ1) is 9.15. The van der Waals surface area contributed by atoms with Gasteiger partial charge in [0.25, 0.3) is 0 Å². The average Bonchev–Trinajstić information content (AvgIpc) is 2.96. The van der Waals surface area contributed by atoms with Crippen LogP contribution in [0.25, 0.3) is 5.65 Å². The third kappa shape index (κ3) is 2.37. The van der Waals surface area contributed by atoms with Gasteiger partial charge in [-0.2, -0.15) is 5.10 Å². The minimum absolute atomic E-state index is 0.609. The summed E-state index contributed by atoms with van der Waals surface area (Å²) in [6.07, 6.45) is 3.54. The van der Waals surface area contributed by atoms with Crippen LogP contribution in [0.3, 0.4) is 0 Å². The Hall–Kier alpha value is -1.42. The molecule has 102 valence electrons. The summed E-state index contributed by atoms with van der Waals surface area (Å²) in [5.74, 6) is 0.979. The van der Waals surface area contributed by atoms with Crippen molar-refractivity contribution in [3.8, 4) is 0 Å². The number of pyridine rings is 1. The van der Waals surface area contributed by atoms with Crippen LogP contribution in [0, 0.1) is 6.92 Å². The molecular formula is C15H22N4. The van der Waals surface area contributed by atoms with Crippen LogP contribution in [0.2, 0.25) is 0 Å². The summed E-state index contributed by atoms with van der Waals surface area (Å²) in [7, 11) is 0. The van der Waals surface area contributed by atoms with Crippen molar-refractivity contribution in [2.24, 2.45) is 0 Å². The van der Waals surface area contributed by atoms with E-state index in [-0.39, 0.29) is 0 Å². The zero-order valence-corrected chi connectivity index (χ0v) is 12.0. The van der Waals surface area contributed by atoms with Crippen molar-refractivity contribution >= 4 is 5.65 Å². The van der Waals surface area contributed by atoms with Gasteiger partial charge >= 0.3 is 0 Å². The maximum atomic E-state index is 4.66. The smallest absolute Gasteiger partial charge is 0.155 e. The fraction of sp³-hybridized carbons (Fsp3) is 0.600. The van der Waals surface area contributed by atoms with Crippen molar-refractivity contribution in [3.63, 3.8) is 0 Å². The van der Waals surface area contributed by atoms with Gasteiger partial charge in [-0.05, 0) is 52.3 Å². The Balaban J connectivity index is 1.83. The van der Waals surface area contributed by atoms with E-state index >= 15 is 0 Å². The molecule has 2 aromatic heterocycles. The monoisotopic (exact) mass is 258 g/mol. The second kappa shape index (κ2) is 4.93. The highest BCUT2D eigenvalue weighted by atomic mass is 15.3. The first-order valence-corrected chi connectivity index (χ1v) is 7.22. The molecule has 3 rings (SSSR count). The van der Waals surface area contributed by atoms with Gasteiger partial charge in [0.2, 0.25) is 0 Å². The first-order valence-electron chi connectivity index (χ1n) is 7.22. The molecule has 1 unspecified atom stereocenters. The minimum Gasteiger partial charge on any atom is -0.298 e. The van der Waals surface area contributed by atoms with Gasteiger partial charge in [-0.3, -0.25) is 4.90 Å². The lowest BCUT2D eigenvalue weighted by molar-refractivity contribution is 0.201. The lowest BCUT2D eigenvalue weighted by atomic mass is 10.1. The van der Waals surface area contributed by atoms with Gasteiger partial charge in [0.15, 0.2) is 11.5 Å². The fourth-order valence-corrected chi connectivity index (χ4v) is 3.13. The Morgan fingerprint density at radius 3 is 2.95 bits per heavy atom. The maximum Gasteiger partial charge on any atom is 0.155 e. The van der Waals surface area contributed by atoms with Gasteiger partial charge in [0, 0.05) is 24.2 Å². The molecule has 0 saturated carbocycles. The molecule has 1 atom stereocenters. The molecule has 0 radical (unpaired) electrons. The number of nitrogens with zero attached hydrogens (tertiary/aromatic N) is 4. The Morgan fingerprint density at radius 2 is 2.21 bits per heavy atom. The van der Waals surface area contributed by atoms with Crippen molar-refractivity contribution in [3.05, 3.63) is 29.7 Å². The van der Waals surface area contributed by atoms with E-state index in [1.54, 1.807) is 0 Å². The Labute approximate surface area is 114 Å². The lowest BCUT2D eigenvalue weighted by Crippen LogP contribution is -2.36. The van der Waals surface area contributed by atoms with Crippen LogP contribution in [0.5, 0.6) is 0 Å². The number of likely N-dealkylation sites (tertiary alicyclic amines) is 1. The molecule has 1 saturated heterocycles. The molecule has 3 heterocycles. The molecule has 4 nitrogen and oxygen atoms in total. The summed E-state index contributed by atoms with van der Waals surface area (Å²) in [5.41, 5.74) is 2.10. The second-order valence-corrected chi connectivity index (χ2v) is 5.80. The number of aromatic nitrogens is 3. The standard InChI is InChI=1S/C15H22N4/c1-11(2)18-9-5-7-13(18)10-14-16-15-8-4-6-12(3)19(15)17-14/h4,6,8,11,13H,5,7,9-10H2,1-3H3. The summed E-state index contributed by atoms with van der Waals surface area (Å²) in [6.45, 7) is 7.84. The molecule has 4 heteroatoms. The molecule has 0 spiro atoms. The Kier molecular flexibility index (Phi) is 3.27. The largest absolute Gasteiger partial charge is 0.298 e. The molecule has 2 aromatic rings. The second-order valence-electron chi connectivity index (χ2n) is 5.80. The third-order valence-electron chi connectivity index (χ3n) is 4.10. The van der Waals surface area contributed by atoms with Crippen molar-refractivity contribution in [2.45, 2.75) is 52.1 Å². The van der Waals surface area contributed by atoms with Crippen LogP contribution in [-0.4, -0.2) is 38.1 Å². The van der Waals surface area contributed by atoms with E-state index in [9.17, 15) is 0 Å². The summed E-state index contributed by atoms with van der Waals surface area (Å²) in [4.78, 5) is 7.24. The van der Waals surface area contributed by atoms with Gasteiger partial charge in [0.1, 0.15) is 0 Å². The van der Waals surface area contributed by atoms with Crippen molar-refractivity contribution in [1.82, 2.24) is 19.5 Å². The molecule has 19 heavy (non-hydrogen) atoms. The van der Waals surface area contributed by atoms with Crippen LogP contribution in [0.4, 0.5) is 0 Å². The molecule has 1 aliphatic heterocycles. The van der Waals surface area contributed by atoms with Crippen LogP contribution in [0.1, 0.15) is 38.2 Å². The molecule has 0 aromatic carbocycles. The van der Waals surface area contributed by atoms with Crippen LogP contribution >= 0.6 is 0 Å². The highest BCUT2D eigenvalue weighted by molar-refractivity contribution is 5.38. The van der Waals surface area contributed by atoms with Crippen molar-refractivity contribution in [1.29, 1.82) is 0 Å². The number of aryl methyl sites for hydroxylation is 1. The van der Waals surface area contributed by atoms with Crippen LogP contribution < -0.4 is 0 Å². The third-order valence-corrected chi connectivity index (χ3v) is 4.10. The van der Waals surface area contributed by atoms with E-state index in [4.69, 9.17) is 0 Å². The number of hydrogen-bond donors (Lipinski definition) is 0. The van der Waals surface area contributed by atoms with Gasteiger partial charge in [0.05, 0.1) is 0 Å². The SMILES string of the molecule is Cc1cccc2nc(CC3CCCN3C(C)C)nn12. The van der Waals surface area contributed by atoms with Crippen LogP contribution in [-0.2, 0) is 6.42 Å². The van der Waals surface area contributed by atoms with Gasteiger partial charge in [-0.25, -0.2) is 9.50 Å². The predicted octanol–water partition coefficient (Wildman–Crippen LogP) is 2.45. The quantitative estimate of drug-likeness (QED) is 0.848. The topological polar surface area (TPSA) is 33.4 Å². The summed E-state index contributed by atoms with van der Waals surface area (Å²) in [6, 6.07) is 7.36. The van der Waals surface area contributed by atoms with E-state index < -0.39 is 0 Å². The van der Waals surface area contributed by atoms with Gasteiger partial charge in [-0.15, -0.1) is 0 Å². The van der Waals surface area contributed by atoms with E-state index in [1.807, 2.05) is 16.6 Å². The molecule has 0 amide bonds. The predicted molar refractivity (Wildman–Crippen MR) is 76.3 cm³/mol. The maximum absolute atomic E-state index is 4.66. The summed E-state index contributed by atoms with van der Waals surface area (Å²) < 4.78 is 1.95. The summed E-state index contributed by atoms with van der Waals surface area (Å²) in [5, 5.41) is 4.65. The molecular weight excluding hydrogens is 236 g/mol. The normalized spacial score (nSPS) is 20.7. The fourth-order valence-electron chi connectivity index (χ4n) is 3.13. The first kappa shape index (κ1) is 12.6. The molecule has 0 N–H and O–H groups in total. The molecule has 1 aliphatic rings. The molecule has 0 aliphatic carbocycles. The zero-order valence-electron chi connectivity index (χ0n) is 12.0. The Morgan fingerprint density at radius 1 is 1.37 bits per heavy atom. The number of rotatable bonds is 3. The van der Waals surface area contributed by atoms with Crippen molar-refractivity contribution < 1.29 is 0 Å². The highest BCUT2D eigenvalue weighted by Crippen LogP contribution is 2.22.